The molecule has 1 unspecified atom stereocenters. The first-order valence-electron chi connectivity index (χ1n) is 6.17. The van der Waals surface area contributed by atoms with Crippen molar-refractivity contribution >= 4 is 11.6 Å². The van der Waals surface area contributed by atoms with Crippen LogP contribution in [0.4, 0.5) is 0 Å². The maximum atomic E-state index is 10.4. The van der Waals surface area contributed by atoms with Gasteiger partial charge in [-0.1, -0.05) is 17.7 Å². The largest absolute Gasteiger partial charge is 0.496 e. The molecule has 0 radical (unpaired) electrons. The summed E-state index contributed by atoms with van der Waals surface area (Å²) in [5, 5.41) is 10.9. The van der Waals surface area contributed by atoms with Gasteiger partial charge in [-0.3, -0.25) is 0 Å². The first-order chi connectivity index (χ1) is 9.17. The van der Waals surface area contributed by atoms with Gasteiger partial charge in [0, 0.05) is 30.9 Å². The highest BCUT2D eigenvalue weighted by Crippen LogP contribution is 2.33. The maximum absolute atomic E-state index is 10.4. The van der Waals surface area contributed by atoms with E-state index in [1.54, 1.807) is 31.5 Å². The number of imidazole rings is 1. The van der Waals surface area contributed by atoms with Gasteiger partial charge in [0.2, 0.25) is 0 Å². The van der Waals surface area contributed by atoms with Gasteiger partial charge in [0.15, 0.2) is 0 Å². The van der Waals surface area contributed by atoms with Crippen molar-refractivity contribution in [2.75, 3.05) is 7.11 Å². The minimum Gasteiger partial charge on any atom is -0.496 e. The number of rotatable bonds is 5. The van der Waals surface area contributed by atoms with E-state index < -0.39 is 6.10 Å². The lowest BCUT2D eigenvalue weighted by molar-refractivity contribution is 0.170. The molecule has 0 aliphatic heterocycles. The number of aromatic nitrogens is 2. The number of ether oxygens (including phenoxy) is 1. The highest BCUT2D eigenvalue weighted by molar-refractivity contribution is 6.31. The Morgan fingerprint density at radius 3 is 2.95 bits per heavy atom. The summed E-state index contributed by atoms with van der Waals surface area (Å²) in [6.45, 7) is 2.86. The van der Waals surface area contributed by atoms with Crippen LogP contribution < -0.4 is 4.74 Å². The number of aryl methyl sites for hydroxylation is 1. The van der Waals surface area contributed by atoms with E-state index >= 15 is 0 Å². The van der Waals surface area contributed by atoms with Crippen molar-refractivity contribution < 1.29 is 9.84 Å². The molecule has 19 heavy (non-hydrogen) atoms. The fraction of sp³-hybridized carbons (Fsp3) is 0.357. The lowest BCUT2D eigenvalue weighted by Gasteiger charge is -2.16. The third kappa shape index (κ3) is 2.91. The molecular weight excluding hydrogens is 264 g/mol. The van der Waals surface area contributed by atoms with Crippen LogP contribution in [0.3, 0.4) is 0 Å². The normalized spacial score (nSPS) is 12.4. The number of nitrogens with zero attached hydrogens (tertiary/aromatic N) is 2. The molecule has 1 aromatic heterocycles. The number of methoxy groups -OCH3 is 1. The minimum absolute atomic E-state index is 0.404. The highest BCUT2D eigenvalue weighted by Gasteiger charge is 2.19. The zero-order valence-corrected chi connectivity index (χ0v) is 11.8. The molecule has 1 aromatic carbocycles. The van der Waals surface area contributed by atoms with Crippen molar-refractivity contribution in [2.24, 2.45) is 0 Å². The smallest absolute Gasteiger partial charge is 0.126 e. The number of aliphatic hydroxyl groups excluding tert-OH is 1. The summed E-state index contributed by atoms with van der Waals surface area (Å²) in [5.74, 6) is 1.42. The van der Waals surface area contributed by atoms with E-state index in [0.29, 0.717) is 22.8 Å². The second-order valence-corrected chi connectivity index (χ2v) is 4.61. The van der Waals surface area contributed by atoms with Crippen LogP contribution in [0.25, 0.3) is 0 Å². The van der Waals surface area contributed by atoms with Crippen molar-refractivity contribution in [2.45, 2.75) is 26.0 Å². The van der Waals surface area contributed by atoms with Crippen molar-refractivity contribution in [1.29, 1.82) is 0 Å². The Balaban J connectivity index is 2.27. The first-order valence-corrected chi connectivity index (χ1v) is 6.55. The SMILES string of the molecule is CCn1ccnc1CC(O)c1c(Cl)cccc1OC. The van der Waals surface area contributed by atoms with Gasteiger partial charge in [-0.05, 0) is 19.1 Å². The topological polar surface area (TPSA) is 47.3 Å². The number of halogens is 1. The van der Waals surface area contributed by atoms with E-state index in [-0.39, 0.29) is 0 Å². The summed E-state index contributed by atoms with van der Waals surface area (Å²) < 4.78 is 7.24. The number of benzene rings is 1. The Labute approximate surface area is 117 Å². The third-order valence-corrected chi connectivity index (χ3v) is 3.41. The molecule has 2 rings (SSSR count). The number of hydrogen-bond donors (Lipinski definition) is 1. The lowest BCUT2D eigenvalue weighted by atomic mass is 10.0. The number of aliphatic hydroxyl groups is 1. The van der Waals surface area contributed by atoms with Crippen LogP contribution in [0.5, 0.6) is 5.75 Å². The average Bonchev–Trinajstić information content (AvgIpc) is 2.85. The Bertz CT molecular complexity index is 554. The monoisotopic (exact) mass is 280 g/mol. The fourth-order valence-corrected chi connectivity index (χ4v) is 2.40. The molecule has 1 atom stereocenters. The number of hydrogen-bond acceptors (Lipinski definition) is 3. The molecule has 0 aliphatic rings. The highest BCUT2D eigenvalue weighted by atomic mass is 35.5. The van der Waals surface area contributed by atoms with Crippen LogP contribution >= 0.6 is 11.6 Å². The summed E-state index contributed by atoms with van der Waals surface area (Å²) >= 11 is 6.15. The summed E-state index contributed by atoms with van der Waals surface area (Å²) in [4.78, 5) is 4.26. The van der Waals surface area contributed by atoms with Gasteiger partial charge in [0.1, 0.15) is 11.6 Å². The molecule has 4 nitrogen and oxygen atoms in total. The molecule has 0 aliphatic carbocycles. The third-order valence-electron chi connectivity index (χ3n) is 3.08. The van der Waals surface area contributed by atoms with Gasteiger partial charge in [-0.15, -0.1) is 0 Å². The summed E-state index contributed by atoms with van der Waals surface area (Å²) in [5.41, 5.74) is 0.609. The van der Waals surface area contributed by atoms with Gasteiger partial charge >= 0.3 is 0 Å². The van der Waals surface area contributed by atoms with E-state index in [9.17, 15) is 5.11 Å². The van der Waals surface area contributed by atoms with Crippen LogP contribution in [-0.2, 0) is 13.0 Å². The minimum atomic E-state index is -0.739. The van der Waals surface area contributed by atoms with Crippen LogP contribution in [-0.4, -0.2) is 21.8 Å². The first kappa shape index (κ1) is 13.9. The molecule has 0 spiro atoms. The molecule has 0 saturated heterocycles. The van der Waals surface area contributed by atoms with Crippen LogP contribution in [0, 0.1) is 0 Å². The van der Waals surface area contributed by atoms with Crippen LogP contribution in [0.15, 0.2) is 30.6 Å². The van der Waals surface area contributed by atoms with Crippen molar-refractivity contribution in [3.63, 3.8) is 0 Å². The summed E-state index contributed by atoms with van der Waals surface area (Å²) in [7, 11) is 1.56. The molecule has 0 amide bonds. The molecule has 0 bridgehead atoms. The zero-order chi connectivity index (χ0) is 13.8. The van der Waals surface area contributed by atoms with E-state index in [1.807, 2.05) is 17.7 Å². The molecule has 5 heteroatoms. The fourth-order valence-electron chi connectivity index (χ4n) is 2.11. The molecule has 0 saturated carbocycles. The Kier molecular flexibility index (Phi) is 4.45. The van der Waals surface area contributed by atoms with Gasteiger partial charge < -0.3 is 14.4 Å². The standard InChI is InChI=1S/C14H17ClN2O2/c1-3-17-8-7-16-13(17)9-11(18)14-10(15)5-4-6-12(14)19-2/h4-8,11,18H,3,9H2,1-2H3. The quantitative estimate of drug-likeness (QED) is 0.916. The van der Waals surface area contributed by atoms with Crippen molar-refractivity contribution in [3.05, 3.63) is 47.0 Å². The van der Waals surface area contributed by atoms with Crippen molar-refractivity contribution in [1.82, 2.24) is 9.55 Å². The summed E-state index contributed by atoms with van der Waals surface area (Å²) in [6, 6.07) is 5.33. The second-order valence-electron chi connectivity index (χ2n) is 4.21. The lowest BCUT2D eigenvalue weighted by Crippen LogP contribution is -2.09. The molecule has 102 valence electrons. The van der Waals surface area contributed by atoms with E-state index in [4.69, 9.17) is 16.3 Å². The molecule has 1 heterocycles. The van der Waals surface area contributed by atoms with Crippen LogP contribution in [0.1, 0.15) is 24.4 Å². The van der Waals surface area contributed by atoms with Gasteiger partial charge in [0.05, 0.1) is 18.2 Å². The van der Waals surface area contributed by atoms with Gasteiger partial charge in [-0.2, -0.15) is 0 Å². The second kappa shape index (κ2) is 6.08. The van der Waals surface area contributed by atoms with Crippen LogP contribution in [0.2, 0.25) is 5.02 Å². The van der Waals surface area contributed by atoms with Gasteiger partial charge in [-0.25, -0.2) is 4.98 Å². The Hall–Kier alpha value is -1.52. The Morgan fingerprint density at radius 1 is 1.47 bits per heavy atom. The maximum Gasteiger partial charge on any atom is 0.126 e. The van der Waals surface area contributed by atoms with Crippen molar-refractivity contribution in [3.8, 4) is 5.75 Å². The predicted octanol–water partition coefficient (Wildman–Crippen LogP) is 2.84. The predicted molar refractivity (Wildman–Crippen MR) is 74.6 cm³/mol. The molecule has 0 fully saturated rings. The molecule has 2 aromatic rings. The van der Waals surface area contributed by atoms with E-state index in [2.05, 4.69) is 4.98 Å². The molecular formula is C14H17ClN2O2. The summed E-state index contributed by atoms with van der Waals surface area (Å²) in [6.07, 6.45) is 3.29. The zero-order valence-electron chi connectivity index (χ0n) is 11.0. The van der Waals surface area contributed by atoms with E-state index in [0.717, 1.165) is 12.4 Å². The van der Waals surface area contributed by atoms with Gasteiger partial charge in [0.25, 0.3) is 0 Å². The molecule has 1 N–H and O–H groups in total. The average molecular weight is 281 g/mol. The Morgan fingerprint density at radius 2 is 2.26 bits per heavy atom. The van der Waals surface area contributed by atoms with E-state index in [1.165, 1.54) is 0 Å².